The second-order valence-electron chi connectivity index (χ2n) is 9.49. The maximum Gasteiger partial charge on any atom is 0.155 e. The van der Waals surface area contributed by atoms with E-state index in [9.17, 15) is 13.2 Å². The number of carbonyl (C=O) groups excluding carboxylic acids is 1. The Balaban J connectivity index is 1.73. The number of aryl methyl sites for hydroxylation is 1. The molecule has 0 aliphatic heterocycles. The van der Waals surface area contributed by atoms with E-state index < -0.39 is 14.6 Å². The highest BCUT2D eigenvalue weighted by Crippen LogP contribution is 2.33. The van der Waals surface area contributed by atoms with Gasteiger partial charge in [0, 0.05) is 32.1 Å². The van der Waals surface area contributed by atoms with Crippen molar-refractivity contribution in [3.05, 3.63) is 29.8 Å². The summed E-state index contributed by atoms with van der Waals surface area (Å²) < 4.78 is 24.1. The number of hydrogen-bond donors (Lipinski definition) is 0. The molecule has 158 valence electrons. The van der Waals surface area contributed by atoms with Crippen molar-refractivity contribution in [1.82, 2.24) is 0 Å². The zero-order chi connectivity index (χ0) is 20.9. The molecule has 1 saturated carbocycles. The first-order valence-electron chi connectivity index (χ1n) is 10.5. The van der Waals surface area contributed by atoms with E-state index in [0.29, 0.717) is 12.2 Å². The minimum Gasteiger partial charge on any atom is -0.378 e. The maximum atomic E-state index is 12.6. The average Bonchev–Trinajstić information content (AvgIpc) is 2.61. The van der Waals surface area contributed by atoms with Crippen molar-refractivity contribution >= 4 is 21.3 Å². The lowest BCUT2D eigenvalue weighted by Crippen LogP contribution is -2.35. The molecule has 0 unspecified atom stereocenters. The molecule has 0 amide bonds. The van der Waals surface area contributed by atoms with Crippen LogP contribution in [0.15, 0.2) is 24.3 Å². The second-order valence-corrected chi connectivity index (χ2v) is 12.3. The third-order valence-corrected chi connectivity index (χ3v) is 8.81. The van der Waals surface area contributed by atoms with Gasteiger partial charge in [0.15, 0.2) is 9.84 Å². The number of Topliss-reactive ketones (excluding diaryl/α,β-unsaturated/α-hetero) is 1. The lowest BCUT2D eigenvalue weighted by molar-refractivity contribution is -0.124. The van der Waals surface area contributed by atoms with Gasteiger partial charge < -0.3 is 4.90 Å². The summed E-state index contributed by atoms with van der Waals surface area (Å²) in [5.41, 5.74) is 2.46. The van der Waals surface area contributed by atoms with Gasteiger partial charge in [0.05, 0.1) is 10.5 Å². The molecule has 1 aromatic carbocycles. The highest BCUT2D eigenvalue weighted by Gasteiger charge is 2.34. The lowest BCUT2D eigenvalue weighted by atomic mass is 9.80. The standard InChI is InChI=1S/C23H37NO3S/c1-23(2,3)28(26,27)17-19-9-13-20(14-10-19)22(25)8-6-7-18-11-15-21(16-12-18)24(4)5/h11-12,15-16,19-20H,6-10,13-14,17H2,1-5H3. The number of ketones is 1. The predicted octanol–water partition coefficient (Wildman–Crippen LogP) is 4.66. The van der Waals surface area contributed by atoms with Crippen LogP contribution in [-0.2, 0) is 21.1 Å². The van der Waals surface area contributed by atoms with Gasteiger partial charge in [-0.2, -0.15) is 0 Å². The van der Waals surface area contributed by atoms with E-state index in [-0.39, 0.29) is 17.6 Å². The smallest absolute Gasteiger partial charge is 0.155 e. The van der Waals surface area contributed by atoms with Crippen molar-refractivity contribution in [2.24, 2.45) is 11.8 Å². The molecule has 1 aromatic rings. The summed E-state index contributed by atoms with van der Waals surface area (Å²) in [5.74, 6) is 0.968. The van der Waals surface area contributed by atoms with E-state index in [1.54, 1.807) is 20.8 Å². The first kappa shape index (κ1) is 22.9. The van der Waals surface area contributed by atoms with Crippen molar-refractivity contribution in [3.8, 4) is 0 Å². The molecule has 0 saturated heterocycles. The summed E-state index contributed by atoms with van der Waals surface area (Å²) in [6.07, 6.45) is 5.86. The molecule has 0 atom stereocenters. The van der Waals surface area contributed by atoms with Crippen molar-refractivity contribution in [3.63, 3.8) is 0 Å². The summed E-state index contributed by atoms with van der Waals surface area (Å²) in [7, 11) is 0.981. The van der Waals surface area contributed by atoms with Crippen LogP contribution in [0.4, 0.5) is 5.69 Å². The first-order chi connectivity index (χ1) is 13.0. The van der Waals surface area contributed by atoms with Crippen LogP contribution in [0, 0.1) is 11.8 Å². The predicted molar refractivity (Wildman–Crippen MR) is 118 cm³/mol. The highest BCUT2D eigenvalue weighted by molar-refractivity contribution is 7.92. The molecular weight excluding hydrogens is 370 g/mol. The topological polar surface area (TPSA) is 54.5 Å². The van der Waals surface area contributed by atoms with Gasteiger partial charge in [-0.05, 0) is 82.9 Å². The number of hydrogen-bond acceptors (Lipinski definition) is 4. The van der Waals surface area contributed by atoms with Crippen LogP contribution in [0.25, 0.3) is 0 Å². The average molecular weight is 408 g/mol. The third-order valence-electron chi connectivity index (χ3n) is 6.03. The van der Waals surface area contributed by atoms with Crippen LogP contribution in [0.1, 0.15) is 64.9 Å². The molecule has 1 aliphatic rings. The second kappa shape index (κ2) is 9.43. The fourth-order valence-corrected chi connectivity index (χ4v) is 5.30. The zero-order valence-electron chi connectivity index (χ0n) is 18.2. The molecule has 28 heavy (non-hydrogen) atoms. The van der Waals surface area contributed by atoms with Crippen molar-refractivity contribution in [2.75, 3.05) is 24.7 Å². The van der Waals surface area contributed by atoms with Gasteiger partial charge in [0.1, 0.15) is 5.78 Å². The molecule has 0 aromatic heterocycles. The van der Waals surface area contributed by atoms with Crippen molar-refractivity contribution < 1.29 is 13.2 Å². The molecule has 5 heteroatoms. The van der Waals surface area contributed by atoms with Crippen LogP contribution < -0.4 is 4.90 Å². The number of rotatable bonds is 8. The minimum absolute atomic E-state index is 0.129. The fraction of sp³-hybridized carbons (Fsp3) is 0.696. The van der Waals surface area contributed by atoms with Crippen LogP contribution >= 0.6 is 0 Å². The summed E-state index contributed by atoms with van der Waals surface area (Å²) in [4.78, 5) is 14.6. The highest BCUT2D eigenvalue weighted by atomic mass is 32.2. The van der Waals surface area contributed by atoms with E-state index in [1.807, 2.05) is 14.1 Å². The van der Waals surface area contributed by atoms with Gasteiger partial charge >= 0.3 is 0 Å². The molecule has 1 fully saturated rings. The zero-order valence-corrected chi connectivity index (χ0v) is 19.0. The minimum atomic E-state index is -3.08. The molecule has 0 heterocycles. The summed E-state index contributed by atoms with van der Waals surface area (Å²) in [5, 5.41) is 0. The SMILES string of the molecule is CN(C)c1ccc(CCCC(=O)C2CCC(CS(=O)(=O)C(C)(C)C)CC2)cc1. The number of anilines is 1. The molecule has 4 nitrogen and oxygen atoms in total. The number of sulfone groups is 1. The van der Waals surface area contributed by atoms with Crippen LogP contribution in [-0.4, -0.2) is 38.8 Å². The Hall–Kier alpha value is -1.36. The van der Waals surface area contributed by atoms with Crippen LogP contribution in [0.3, 0.4) is 0 Å². The van der Waals surface area contributed by atoms with Crippen LogP contribution in [0.2, 0.25) is 0 Å². The number of carbonyl (C=O) groups is 1. The molecule has 0 spiro atoms. The van der Waals surface area contributed by atoms with Gasteiger partial charge in [0.25, 0.3) is 0 Å². The van der Waals surface area contributed by atoms with E-state index in [1.165, 1.54) is 11.3 Å². The Kier molecular flexibility index (Phi) is 7.72. The molecular formula is C23H37NO3S. The van der Waals surface area contributed by atoms with E-state index in [0.717, 1.165) is 38.5 Å². The molecule has 0 radical (unpaired) electrons. The normalized spacial score (nSPS) is 20.8. The molecule has 1 aliphatic carbocycles. The number of benzene rings is 1. The van der Waals surface area contributed by atoms with Gasteiger partial charge in [-0.3, -0.25) is 4.79 Å². The fourth-order valence-electron chi connectivity index (χ4n) is 3.84. The number of nitrogens with zero attached hydrogens (tertiary/aromatic N) is 1. The van der Waals surface area contributed by atoms with E-state index in [4.69, 9.17) is 0 Å². The Morgan fingerprint density at radius 1 is 1.04 bits per heavy atom. The van der Waals surface area contributed by atoms with Gasteiger partial charge in [0.2, 0.25) is 0 Å². The Morgan fingerprint density at radius 2 is 1.61 bits per heavy atom. The van der Waals surface area contributed by atoms with Crippen molar-refractivity contribution in [2.45, 2.75) is 70.5 Å². The molecule has 2 rings (SSSR count). The Labute approximate surface area is 171 Å². The summed E-state index contributed by atoms with van der Waals surface area (Å²) >= 11 is 0. The largest absolute Gasteiger partial charge is 0.378 e. The van der Waals surface area contributed by atoms with Gasteiger partial charge in [-0.15, -0.1) is 0 Å². The van der Waals surface area contributed by atoms with E-state index in [2.05, 4.69) is 29.2 Å². The third kappa shape index (κ3) is 6.33. The molecule has 0 bridgehead atoms. The van der Waals surface area contributed by atoms with Crippen LogP contribution in [0.5, 0.6) is 0 Å². The van der Waals surface area contributed by atoms with Gasteiger partial charge in [-0.1, -0.05) is 12.1 Å². The van der Waals surface area contributed by atoms with E-state index >= 15 is 0 Å². The first-order valence-corrected chi connectivity index (χ1v) is 12.2. The maximum absolute atomic E-state index is 12.6. The quantitative estimate of drug-likeness (QED) is 0.629. The monoisotopic (exact) mass is 407 g/mol. The Morgan fingerprint density at radius 3 is 2.11 bits per heavy atom. The lowest BCUT2D eigenvalue weighted by Gasteiger charge is -2.30. The van der Waals surface area contributed by atoms with Gasteiger partial charge in [-0.25, -0.2) is 8.42 Å². The molecule has 0 N–H and O–H groups in total. The summed E-state index contributed by atoms with van der Waals surface area (Å²) in [6.45, 7) is 5.31. The Bertz CT molecular complexity index is 737. The van der Waals surface area contributed by atoms with Crippen molar-refractivity contribution in [1.29, 1.82) is 0 Å². The summed E-state index contributed by atoms with van der Waals surface area (Å²) in [6, 6.07) is 8.51.